The SMILES string of the molecule is NCc1ccc(CNC(=O)NC2CCCC(c3ccccc3)C2)c(F)c1. The van der Waals surface area contributed by atoms with Gasteiger partial charge in [0, 0.05) is 24.7 Å². The second kappa shape index (κ2) is 8.81. The van der Waals surface area contributed by atoms with Crippen molar-refractivity contribution in [3.63, 3.8) is 0 Å². The molecule has 26 heavy (non-hydrogen) atoms. The molecule has 3 rings (SSSR count). The molecule has 2 aromatic carbocycles. The number of benzene rings is 2. The van der Waals surface area contributed by atoms with Crippen LogP contribution in [0.15, 0.2) is 48.5 Å². The first kappa shape index (κ1) is 18.4. The summed E-state index contributed by atoms with van der Waals surface area (Å²) >= 11 is 0. The maximum Gasteiger partial charge on any atom is 0.315 e. The zero-order valence-corrected chi connectivity index (χ0v) is 14.9. The number of carbonyl (C=O) groups is 1. The van der Waals surface area contributed by atoms with E-state index in [1.165, 1.54) is 11.6 Å². The highest BCUT2D eigenvalue weighted by molar-refractivity contribution is 5.74. The summed E-state index contributed by atoms with van der Waals surface area (Å²) < 4.78 is 14.0. The van der Waals surface area contributed by atoms with Crippen molar-refractivity contribution < 1.29 is 9.18 Å². The molecular weight excluding hydrogens is 329 g/mol. The molecule has 2 amide bonds. The highest BCUT2D eigenvalue weighted by Crippen LogP contribution is 2.32. The quantitative estimate of drug-likeness (QED) is 0.763. The molecule has 2 atom stereocenters. The summed E-state index contributed by atoms with van der Waals surface area (Å²) in [6.45, 7) is 0.465. The molecule has 2 unspecified atom stereocenters. The zero-order chi connectivity index (χ0) is 18.4. The molecule has 0 bridgehead atoms. The predicted octanol–water partition coefficient (Wildman–Crippen LogP) is 3.81. The molecule has 1 aliphatic carbocycles. The fourth-order valence-electron chi connectivity index (χ4n) is 3.62. The summed E-state index contributed by atoms with van der Waals surface area (Å²) in [6, 6.07) is 15.2. The van der Waals surface area contributed by atoms with Gasteiger partial charge >= 0.3 is 6.03 Å². The van der Waals surface area contributed by atoms with Crippen molar-refractivity contribution in [2.24, 2.45) is 5.73 Å². The van der Waals surface area contributed by atoms with Gasteiger partial charge in [0.1, 0.15) is 5.82 Å². The fraction of sp³-hybridized carbons (Fsp3) is 0.381. The van der Waals surface area contributed by atoms with Gasteiger partial charge in [-0.1, -0.05) is 48.9 Å². The topological polar surface area (TPSA) is 67.1 Å². The Morgan fingerprint density at radius 2 is 1.96 bits per heavy atom. The highest BCUT2D eigenvalue weighted by atomic mass is 19.1. The first-order chi connectivity index (χ1) is 12.7. The molecule has 4 N–H and O–H groups in total. The van der Waals surface area contributed by atoms with E-state index in [2.05, 4.69) is 34.9 Å². The number of hydrogen-bond acceptors (Lipinski definition) is 2. The van der Waals surface area contributed by atoms with Gasteiger partial charge in [0.05, 0.1) is 0 Å². The van der Waals surface area contributed by atoms with E-state index in [0.29, 0.717) is 18.0 Å². The fourth-order valence-corrected chi connectivity index (χ4v) is 3.62. The molecule has 4 nitrogen and oxygen atoms in total. The third kappa shape index (κ3) is 4.82. The number of amides is 2. The van der Waals surface area contributed by atoms with E-state index in [1.54, 1.807) is 12.1 Å². The second-order valence-corrected chi connectivity index (χ2v) is 6.93. The van der Waals surface area contributed by atoms with Gasteiger partial charge in [-0.25, -0.2) is 9.18 Å². The van der Waals surface area contributed by atoms with Crippen LogP contribution in [0.2, 0.25) is 0 Å². The van der Waals surface area contributed by atoms with Crippen molar-refractivity contribution in [1.82, 2.24) is 10.6 Å². The second-order valence-electron chi connectivity index (χ2n) is 6.93. The summed E-state index contributed by atoms with van der Waals surface area (Å²) in [5, 5.41) is 5.80. The molecule has 2 aromatic rings. The minimum absolute atomic E-state index is 0.151. The summed E-state index contributed by atoms with van der Waals surface area (Å²) in [5.74, 6) is 0.145. The smallest absolute Gasteiger partial charge is 0.315 e. The third-order valence-electron chi connectivity index (χ3n) is 5.07. The lowest BCUT2D eigenvalue weighted by atomic mass is 9.81. The number of urea groups is 1. The molecule has 0 aromatic heterocycles. The van der Waals surface area contributed by atoms with Crippen LogP contribution in [0.3, 0.4) is 0 Å². The Morgan fingerprint density at radius 3 is 2.69 bits per heavy atom. The number of nitrogens with one attached hydrogen (secondary N) is 2. The van der Waals surface area contributed by atoms with E-state index in [-0.39, 0.29) is 24.4 Å². The Balaban J connectivity index is 1.50. The molecule has 0 spiro atoms. The summed E-state index contributed by atoms with van der Waals surface area (Å²) in [6.07, 6.45) is 4.18. The van der Waals surface area contributed by atoms with Crippen LogP contribution in [0.4, 0.5) is 9.18 Å². The average molecular weight is 355 g/mol. The number of carbonyl (C=O) groups excluding carboxylic acids is 1. The highest BCUT2D eigenvalue weighted by Gasteiger charge is 2.24. The maximum absolute atomic E-state index is 14.0. The first-order valence-electron chi connectivity index (χ1n) is 9.22. The molecule has 1 aliphatic rings. The van der Waals surface area contributed by atoms with Gasteiger partial charge < -0.3 is 16.4 Å². The van der Waals surface area contributed by atoms with E-state index in [0.717, 1.165) is 31.2 Å². The van der Waals surface area contributed by atoms with Crippen molar-refractivity contribution in [1.29, 1.82) is 0 Å². The van der Waals surface area contributed by atoms with Gasteiger partial charge in [0.15, 0.2) is 0 Å². The first-order valence-corrected chi connectivity index (χ1v) is 9.22. The Kier molecular flexibility index (Phi) is 6.23. The molecule has 5 heteroatoms. The van der Waals surface area contributed by atoms with Gasteiger partial charge in [0.25, 0.3) is 0 Å². The van der Waals surface area contributed by atoms with Crippen LogP contribution in [0, 0.1) is 5.82 Å². The van der Waals surface area contributed by atoms with Crippen LogP contribution in [-0.2, 0) is 13.1 Å². The van der Waals surface area contributed by atoms with Gasteiger partial charge in [-0.05, 0) is 42.4 Å². The Hall–Kier alpha value is -2.40. The Labute approximate surface area is 154 Å². The maximum atomic E-state index is 14.0. The largest absolute Gasteiger partial charge is 0.335 e. The Bertz CT molecular complexity index is 735. The average Bonchev–Trinajstić information content (AvgIpc) is 2.68. The lowest BCUT2D eigenvalue weighted by Gasteiger charge is -2.30. The number of halogens is 1. The van der Waals surface area contributed by atoms with E-state index in [1.807, 2.05) is 6.07 Å². The van der Waals surface area contributed by atoms with Crippen LogP contribution >= 0.6 is 0 Å². The molecule has 1 saturated carbocycles. The molecule has 0 aliphatic heterocycles. The van der Waals surface area contributed by atoms with Crippen LogP contribution in [0.1, 0.15) is 48.3 Å². The van der Waals surface area contributed by atoms with Crippen LogP contribution in [-0.4, -0.2) is 12.1 Å². The van der Waals surface area contributed by atoms with Gasteiger partial charge in [0.2, 0.25) is 0 Å². The zero-order valence-electron chi connectivity index (χ0n) is 14.9. The number of hydrogen-bond donors (Lipinski definition) is 3. The molecule has 0 saturated heterocycles. The van der Waals surface area contributed by atoms with Crippen molar-refractivity contribution >= 4 is 6.03 Å². The normalized spacial score (nSPS) is 19.8. The van der Waals surface area contributed by atoms with E-state index >= 15 is 0 Å². The molecule has 0 heterocycles. The van der Waals surface area contributed by atoms with Crippen LogP contribution in [0.5, 0.6) is 0 Å². The predicted molar refractivity (Wildman–Crippen MR) is 101 cm³/mol. The molecule has 0 radical (unpaired) electrons. The lowest BCUT2D eigenvalue weighted by Crippen LogP contribution is -2.43. The van der Waals surface area contributed by atoms with E-state index in [9.17, 15) is 9.18 Å². The summed E-state index contributed by atoms with van der Waals surface area (Å²) in [4.78, 5) is 12.2. The summed E-state index contributed by atoms with van der Waals surface area (Å²) in [7, 11) is 0. The van der Waals surface area contributed by atoms with Gasteiger partial charge in [-0.2, -0.15) is 0 Å². The standard InChI is InChI=1S/C21H26FN3O/c22-20-11-15(13-23)9-10-18(20)14-24-21(26)25-19-8-4-7-17(12-19)16-5-2-1-3-6-16/h1-3,5-6,9-11,17,19H,4,7-8,12-14,23H2,(H2,24,25,26). The Morgan fingerprint density at radius 1 is 1.15 bits per heavy atom. The van der Waals surface area contributed by atoms with Crippen molar-refractivity contribution in [2.75, 3.05) is 0 Å². The van der Waals surface area contributed by atoms with Crippen molar-refractivity contribution in [3.05, 3.63) is 71.0 Å². The summed E-state index contributed by atoms with van der Waals surface area (Å²) in [5.41, 5.74) is 8.04. The van der Waals surface area contributed by atoms with E-state index in [4.69, 9.17) is 5.73 Å². The number of nitrogens with two attached hydrogens (primary N) is 1. The van der Waals surface area contributed by atoms with E-state index < -0.39 is 0 Å². The van der Waals surface area contributed by atoms with Gasteiger partial charge in [-0.15, -0.1) is 0 Å². The van der Waals surface area contributed by atoms with Crippen molar-refractivity contribution in [3.8, 4) is 0 Å². The van der Waals surface area contributed by atoms with Gasteiger partial charge in [-0.3, -0.25) is 0 Å². The van der Waals surface area contributed by atoms with Crippen LogP contribution < -0.4 is 16.4 Å². The molecular formula is C21H26FN3O. The van der Waals surface area contributed by atoms with Crippen LogP contribution in [0.25, 0.3) is 0 Å². The third-order valence-corrected chi connectivity index (χ3v) is 5.07. The van der Waals surface area contributed by atoms with Crippen molar-refractivity contribution in [2.45, 2.75) is 50.7 Å². The molecule has 138 valence electrons. The minimum Gasteiger partial charge on any atom is -0.335 e. The minimum atomic E-state index is -0.338. The monoisotopic (exact) mass is 355 g/mol. The lowest BCUT2D eigenvalue weighted by molar-refractivity contribution is 0.230. The number of rotatable bonds is 5. The molecule has 1 fully saturated rings.